The van der Waals surface area contributed by atoms with E-state index in [1.54, 1.807) is 11.8 Å². The van der Waals surface area contributed by atoms with E-state index in [1.807, 2.05) is 26.1 Å². The normalized spacial score (nSPS) is 14.7. The molecule has 1 atom stereocenters. The lowest BCUT2D eigenvalue weighted by atomic mass is 9.82. The minimum atomic E-state index is -0.194. The summed E-state index contributed by atoms with van der Waals surface area (Å²) in [7, 11) is 3.51. The summed E-state index contributed by atoms with van der Waals surface area (Å²) in [5, 5.41) is 8.49. The van der Waals surface area contributed by atoms with Gasteiger partial charge in [-0.3, -0.25) is 9.69 Å². The summed E-state index contributed by atoms with van der Waals surface area (Å²) < 4.78 is 12.8. The van der Waals surface area contributed by atoms with E-state index in [0.717, 1.165) is 42.7 Å². The molecule has 3 aromatic rings. The molecule has 2 aromatic carbocycles. The minimum absolute atomic E-state index is 0.138. The number of hydrogen-bond donors (Lipinski definition) is 0. The van der Waals surface area contributed by atoms with Gasteiger partial charge in [-0.15, -0.1) is 5.10 Å². The van der Waals surface area contributed by atoms with Gasteiger partial charge in [0.05, 0.1) is 20.1 Å². The Hall–Kier alpha value is -2.93. The van der Waals surface area contributed by atoms with Gasteiger partial charge in [0.1, 0.15) is 16.8 Å². The molecule has 0 fully saturated rings. The van der Waals surface area contributed by atoms with Gasteiger partial charge in [0, 0.05) is 26.1 Å². The van der Waals surface area contributed by atoms with E-state index in [2.05, 4.69) is 40.3 Å². The van der Waals surface area contributed by atoms with Crippen LogP contribution in [-0.2, 0) is 29.5 Å². The number of benzene rings is 2. The van der Waals surface area contributed by atoms with Gasteiger partial charge in [-0.25, -0.2) is 4.68 Å². The number of ether oxygens (including phenoxy) is 2. The summed E-state index contributed by atoms with van der Waals surface area (Å²) in [6.07, 6.45) is 5.03. The van der Waals surface area contributed by atoms with Crippen molar-refractivity contribution in [3.8, 4) is 5.75 Å². The van der Waals surface area contributed by atoms with Crippen LogP contribution in [0, 0.1) is 0 Å². The van der Waals surface area contributed by atoms with Crippen molar-refractivity contribution in [1.82, 2.24) is 19.9 Å². The Bertz CT molecular complexity index is 1140. The fourth-order valence-electron chi connectivity index (χ4n) is 5.13. The van der Waals surface area contributed by atoms with Gasteiger partial charge in [0.15, 0.2) is 0 Å². The molecular weight excluding hydrogens is 428 g/mol. The van der Waals surface area contributed by atoms with Crippen LogP contribution in [0.2, 0.25) is 0 Å². The summed E-state index contributed by atoms with van der Waals surface area (Å²) in [5.74, 6) is 0.377. The van der Waals surface area contributed by atoms with Gasteiger partial charge in [0.2, 0.25) is 0 Å². The molecule has 0 radical (unpaired) electrons. The number of aromatic nitrogens is 3. The Balaban J connectivity index is 1.73. The molecule has 0 saturated heterocycles. The third kappa shape index (κ3) is 5.09. The van der Waals surface area contributed by atoms with E-state index >= 15 is 0 Å². The quantitative estimate of drug-likeness (QED) is 0.322. The van der Waals surface area contributed by atoms with Gasteiger partial charge in [-0.1, -0.05) is 43.2 Å². The Morgan fingerprint density at radius 3 is 2.82 bits per heavy atom. The number of methoxy groups -OCH3 is 1. The number of unbranched alkanes of at least 4 members (excludes halogenated alkanes) is 2. The molecule has 4 rings (SSSR count). The Morgan fingerprint density at radius 2 is 2.06 bits per heavy atom. The number of fused-ring (bicyclic) bond motifs is 2. The molecule has 1 aliphatic heterocycles. The highest BCUT2D eigenvalue weighted by atomic mass is 16.5. The van der Waals surface area contributed by atoms with Crippen LogP contribution in [0.15, 0.2) is 30.3 Å². The molecule has 1 aliphatic rings. The molecule has 0 N–H and O–H groups in total. The average Bonchev–Trinajstić information content (AvgIpc) is 3.22. The van der Waals surface area contributed by atoms with Crippen molar-refractivity contribution in [2.24, 2.45) is 7.05 Å². The van der Waals surface area contributed by atoms with E-state index in [-0.39, 0.29) is 18.3 Å². The number of hydrogen-bond acceptors (Lipinski definition) is 6. The highest BCUT2D eigenvalue weighted by Gasteiger charge is 2.27. The molecule has 0 spiro atoms. The fraction of sp³-hybridized carbons (Fsp3) is 0.519. The van der Waals surface area contributed by atoms with Crippen LogP contribution in [0.4, 0.5) is 0 Å². The molecule has 7 nitrogen and oxygen atoms in total. The van der Waals surface area contributed by atoms with Crippen molar-refractivity contribution in [1.29, 1.82) is 0 Å². The van der Waals surface area contributed by atoms with Gasteiger partial charge in [-0.2, -0.15) is 0 Å². The molecule has 0 aliphatic carbocycles. The van der Waals surface area contributed by atoms with Crippen molar-refractivity contribution >= 4 is 17.0 Å². The molecule has 182 valence electrons. The smallest absolute Gasteiger partial charge is 0.306 e. The number of carbonyl (C=O) groups is 1. The van der Waals surface area contributed by atoms with E-state index in [4.69, 9.17) is 9.47 Å². The van der Waals surface area contributed by atoms with Crippen LogP contribution in [0.3, 0.4) is 0 Å². The van der Waals surface area contributed by atoms with E-state index < -0.39 is 0 Å². The predicted molar refractivity (Wildman–Crippen MR) is 133 cm³/mol. The Labute approximate surface area is 202 Å². The highest BCUT2D eigenvalue weighted by molar-refractivity contribution is 5.83. The lowest BCUT2D eigenvalue weighted by Gasteiger charge is -2.32. The second-order valence-electron chi connectivity index (χ2n) is 9.08. The maximum absolute atomic E-state index is 12.7. The van der Waals surface area contributed by atoms with Crippen molar-refractivity contribution in [2.75, 3.05) is 26.8 Å². The van der Waals surface area contributed by atoms with Crippen LogP contribution < -0.4 is 4.74 Å². The first-order chi connectivity index (χ1) is 16.5. The van der Waals surface area contributed by atoms with E-state index in [1.165, 1.54) is 36.0 Å². The zero-order chi connectivity index (χ0) is 24.1. The minimum Gasteiger partial charge on any atom is -0.494 e. The summed E-state index contributed by atoms with van der Waals surface area (Å²) in [5.41, 5.74) is 6.53. The number of aryl methyl sites for hydroxylation is 1. The maximum Gasteiger partial charge on any atom is 0.306 e. The SMILES string of the molecule is CCCCCN1CCc2c(cccc2C(CC(=O)OCC)c2cc(OC)c3c(c2)nnn3C)C1. The Morgan fingerprint density at radius 1 is 1.21 bits per heavy atom. The number of nitrogens with zero attached hydrogens (tertiary/aromatic N) is 4. The maximum atomic E-state index is 12.7. The first-order valence-corrected chi connectivity index (χ1v) is 12.4. The second-order valence-corrected chi connectivity index (χ2v) is 9.08. The molecule has 0 bridgehead atoms. The second kappa shape index (κ2) is 11.0. The van der Waals surface area contributed by atoms with Crippen LogP contribution in [-0.4, -0.2) is 52.7 Å². The summed E-state index contributed by atoms with van der Waals surface area (Å²) >= 11 is 0. The molecule has 34 heavy (non-hydrogen) atoms. The lowest BCUT2D eigenvalue weighted by molar-refractivity contribution is -0.143. The van der Waals surface area contributed by atoms with Crippen molar-refractivity contribution < 1.29 is 14.3 Å². The van der Waals surface area contributed by atoms with Gasteiger partial charge < -0.3 is 9.47 Å². The monoisotopic (exact) mass is 464 g/mol. The molecule has 2 heterocycles. The highest BCUT2D eigenvalue weighted by Crippen LogP contribution is 2.38. The molecule has 0 saturated carbocycles. The summed E-state index contributed by atoms with van der Waals surface area (Å²) in [6.45, 7) is 7.62. The third-order valence-electron chi connectivity index (χ3n) is 6.82. The third-order valence-corrected chi connectivity index (χ3v) is 6.82. The summed E-state index contributed by atoms with van der Waals surface area (Å²) in [4.78, 5) is 15.2. The number of esters is 1. The zero-order valence-electron chi connectivity index (χ0n) is 20.8. The van der Waals surface area contributed by atoms with Gasteiger partial charge in [0.25, 0.3) is 0 Å². The lowest BCUT2D eigenvalue weighted by Crippen LogP contribution is -2.32. The van der Waals surface area contributed by atoms with Gasteiger partial charge in [-0.05, 0) is 60.7 Å². The summed E-state index contributed by atoms with van der Waals surface area (Å²) in [6, 6.07) is 10.6. The predicted octanol–water partition coefficient (Wildman–Crippen LogP) is 4.61. The van der Waals surface area contributed by atoms with Crippen LogP contribution in [0.25, 0.3) is 11.0 Å². The van der Waals surface area contributed by atoms with E-state index in [0.29, 0.717) is 12.4 Å². The van der Waals surface area contributed by atoms with Crippen LogP contribution >= 0.6 is 0 Å². The average molecular weight is 465 g/mol. The van der Waals surface area contributed by atoms with Crippen molar-refractivity contribution in [3.63, 3.8) is 0 Å². The molecule has 1 unspecified atom stereocenters. The van der Waals surface area contributed by atoms with E-state index in [9.17, 15) is 4.79 Å². The molecule has 1 aromatic heterocycles. The van der Waals surface area contributed by atoms with Gasteiger partial charge >= 0.3 is 5.97 Å². The van der Waals surface area contributed by atoms with Crippen LogP contribution in [0.1, 0.15) is 67.7 Å². The van der Waals surface area contributed by atoms with Crippen molar-refractivity contribution in [2.45, 2.75) is 58.4 Å². The number of rotatable bonds is 10. The van der Waals surface area contributed by atoms with Crippen LogP contribution in [0.5, 0.6) is 5.75 Å². The standard InChI is InChI=1S/C27H36N4O3/c1-5-7-8-13-31-14-12-21-19(18-31)10-9-11-22(21)23(17-26(32)34-6-2)20-15-24-27(25(16-20)33-4)30(3)29-28-24/h9-11,15-16,23H,5-8,12-14,17-18H2,1-4H3. The number of carbonyl (C=O) groups excluding carboxylic acids is 1. The Kier molecular flexibility index (Phi) is 7.83. The van der Waals surface area contributed by atoms with Crippen molar-refractivity contribution in [3.05, 3.63) is 52.6 Å². The topological polar surface area (TPSA) is 69.5 Å². The first-order valence-electron chi connectivity index (χ1n) is 12.4. The molecule has 7 heteroatoms. The molecular formula is C27H36N4O3. The zero-order valence-corrected chi connectivity index (χ0v) is 20.8. The first kappa shape index (κ1) is 24.2. The fourth-order valence-corrected chi connectivity index (χ4v) is 5.13. The molecule has 0 amide bonds. The largest absolute Gasteiger partial charge is 0.494 e.